The monoisotopic (exact) mass is 234 g/mol. The highest BCUT2D eigenvalue weighted by atomic mass is 16.1. The van der Waals surface area contributed by atoms with E-state index in [0.29, 0.717) is 0 Å². The Morgan fingerprint density at radius 1 is 1.06 bits per heavy atom. The summed E-state index contributed by atoms with van der Waals surface area (Å²) in [6.45, 7) is 10.2. The molecule has 0 aromatic carbocycles. The Morgan fingerprint density at radius 2 is 1.65 bits per heavy atom. The van der Waals surface area contributed by atoms with Crippen molar-refractivity contribution in [2.45, 2.75) is 47.5 Å². The zero-order valence-corrected chi connectivity index (χ0v) is 11.9. The average Bonchev–Trinajstić information content (AvgIpc) is 2.19. The van der Waals surface area contributed by atoms with Crippen molar-refractivity contribution in [3.63, 3.8) is 0 Å². The van der Waals surface area contributed by atoms with E-state index in [4.69, 9.17) is 0 Å². The number of ketones is 1. The summed E-state index contributed by atoms with van der Waals surface area (Å²) >= 11 is 0. The summed E-state index contributed by atoms with van der Waals surface area (Å²) in [5, 5.41) is 0. The molecule has 0 aliphatic carbocycles. The Kier molecular flexibility index (Phi) is 7.53. The van der Waals surface area contributed by atoms with Crippen molar-refractivity contribution in [2.24, 2.45) is 11.3 Å². The van der Waals surface area contributed by atoms with E-state index in [1.54, 1.807) is 12.2 Å². The first-order valence-electron chi connectivity index (χ1n) is 6.38. The molecule has 0 saturated heterocycles. The van der Waals surface area contributed by atoms with E-state index in [1.807, 2.05) is 39.0 Å². The molecule has 0 aliphatic rings. The number of rotatable bonds is 6. The lowest BCUT2D eigenvalue weighted by molar-refractivity contribution is -0.121. The molecule has 17 heavy (non-hydrogen) atoms. The van der Waals surface area contributed by atoms with Crippen molar-refractivity contribution in [3.05, 3.63) is 36.5 Å². The van der Waals surface area contributed by atoms with Gasteiger partial charge in [0.2, 0.25) is 0 Å². The van der Waals surface area contributed by atoms with E-state index >= 15 is 0 Å². The van der Waals surface area contributed by atoms with Crippen molar-refractivity contribution in [3.8, 4) is 0 Å². The predicted molar refractivity (Wildman–Crippen MR) is 76.0 cm³/mol. The standard InChI is InChI=1S/C16H26O/c1-14(2)12-10-8-6-7-9-11-13-15(17)16(3,4)5/h6-9,11,13-14H,10,12H2,1-5H3/b8-6+,9-7+,13-11+. The summed E-state index contributed by atoms with van der Waals surface area (Å²) < 4.78 is 0. The first-order valence-corrected chi connectivity index (χ1v) is 6.38. The molecule has 0 unspecified atom stereocenters. The molecular weight excluding hydrogens is 208 g/mol. The molecule has 0 amide bonds. The second-order valence-corrected chi connectivity index (χ2v) is 5.76. The summed E-state index contributed by atoms with van der Waals surface area (Å²) in [6, 6.07) is 0. The molecule has 0 atom stereocenters. The van der Waals surface area contributed by atoms with E-state index in [9.17, 15) is 4.79 Å². The fourth-order valence-electron chi connectivity index (χ4n) is 1.13. The van der Waals surface area contributed by atoms with E-state index in [2.05, 4.69) is 19.9 Å². The van der Waals surface area contributed by atoms with Crippen LogP contribution in [-0.4, -0.2) is 5.78 Å². The van der Waals surface area contributed by atoms with Crippen LogP contribution in [0.25, 0.3) is 0 Å². The van der Waals surface area contributed by atoms with Gasteiger partial charge < -0.3 is 0 Å². The van der Waals surface area contributed by atoms with Crippen LogP contribution in [0, 0.1) is 11.3 Å². The van der Waals surface area contributed by atoms with E-state index in [-0.39, 0.29) is 11.2 Å². The van der Waals surface area contributed by atoms with Crippen LogP contribution >= 0.6 is 0 Å². The molecule has 0 bridgehead atoms. The molecule has 0 fully saturated rings. The predicted octanol–water partition coefficient (Wildman–Crippen LogP) is 4.71. The molecule has 0 saturated carbocycles. The van der Waals surface area contributed by atoms with Crippen LogP contribution < -0.4 is 0 Å². The molecule has 1 heteroatoms. The van der Waals surface area contributed by atoms with E-state index in [1.165, 1.54) is 6.42 Å². The Labute approximate surface area is 106 Å². The van der Waals surface area contributed by atoms with Crippen molar-refractivity contribution in [1.82, 2.24) is 0 Å². The molecule has 0 radical (unpaired) electrons. The van der Waals surface area contributed by atoms with Gasteiger partial charge in [-0.1, -0.05) is 65.0 Å². The highest BCUT2D eigenvalue weighted by Crippen LogP contribution is 2.14. The smallest absolute Gasteiger partial charge is 0.160 e. The van der Waals surface area contributed by atoms with Gasteiger partial charge in [-0.3, -0.25) is 4.79 Å². The lowest BCUT2D eigenvalue weighted by Crippen LogP contribution is -2.17. The van der Waals surface area contributed by atoms with E-state index in [0.717, 1.165) is 12.3 Å². The third-order valence-corrected chi connectivity index (χ3v) is 2.37. The van der Waals surface area contributed by atoms with Crippen LogP contribution in [-0.2, 0) is 4.79 Å². The van der Waals surface area contributed by atoms with Crippen LogP contribution in [0.2, 0.25) is 0 Å². The van der Waals surface area contributed by atoms with Gasteiger partial charge in [0.25, 0.3) is 0 Å². The fourth-order valence-corrected chi connectivity index (χ4v) is 1.13. The first-order chi connectivity index (χ1) is 7.84. The third kappa shape index (κ3) is 9.80. The second-order valence-electron chi connectivity index (χ2n) is 5.76. The van der Waals surface area contributed by atoms with Gasteiger partial charge in [0.15, 0.2) is 5.78 Å². The van der Waals surface area contributed by atoms with Gasteiger partial charge in [0, 0.05) is 5.41 Å². The van der Waals surface area contributed by atoms with Crippen molar-refractivity contribution < 1.29 is 4.79 Å². The zero-order valence-electron chi connectivity index (χ0n) is 11.9. The zero-order chi connectivity index (χ0) is 13.3. The topological polar surface area (TPSA) is 17.1 Å². The number of hydrogen-bond donors (Lipinski definition) is 0. The summed E-state index contributed by atoms with van der Waals surface area (Å²) in [7, 11) is 0. The lowest BCUT2D eigenvalue weighted by atomic mass is 9.91. The molecule has 0 heterocycles. The quantitative estimate of drug-likeness (QED) is 0.480. The molecule has 96 valence electrons. The SMILES string of the molecule is CC(C)CC/C=C/C=C/C=C/C(=O)C(C)(C)C. The lowest BCUT2D eigenvalue weighted by Gasteiger charge is -2.12. The number of carbonyl (C=O) groups is 1. The maximum atomic E-state index is 11.5. The molecule has 0 N–H and O–H groups in total. The highest BCUT2D eigenvalue weighted by Gasteiger charge is 2.17. The van der Waals surface area contributed by atoms with Gasteiger partial charge in [-0.15, -0.1) is 0 Å². The van der Waals surface area contributed by atoms with Gasteiger partial charge in [-0.05, 0) is 24.8 Å². The van der Waals surface area contributed by atoms with Crippen LogP contribution in [0.1, 0.15) is 47.5 Å². The maximum absolute atomic E-state index is 11.5. The Balaban J connectivity index is 3.89. The van der Waals surface area contributed by atoms with Gasteiger partial charge in [0.05, 0.1) is 0 Å². The largest absolute Gasteiger partial charge is 0.294 e. The van der Waals surface area contributed by atoms with Crippen LogP contribution in [0.15, 0.2) is 36.5 Å². The summed E-state index contributed by atoms with van der Waals surface area (Å²) in [5.74, 6) is 0.916. The number of allylic oxidation sites excluding steroid dienone is 6. The Morgan fingerprint density at radius 3 is 2.18 bits per heavy atom. The molecule has 0 rings (SSSR count). The van der Waals surface area contributed by atoms with Gasteiger partial charge in [-0.25, -0.2) is 0 Å². The van der Waals surface area contributed by atoms with Crippen molar-refractivity contribution in [1.29, 1.82) is 0 Å². The summed E-state index contributed by atoms with van der Waals surface area (Å²) in [6.07, 6.45) is 13.8. The van der Waals surface area contributed by atoms with Gasteiger partial charge in [0.1, 0.15) is 0 Å². The Hall–Kier alpha value is -1.11. The van der Waals surface area contributed by atoms with Crippen LogP contribution in [0.3, 0.4) is 0 Å². The fraction of sp³-hybridized carbons (Fsp3) is 0.562. The Bertz CT molecular complexity index is 298. The number of hydrogen-bond acceptors (Lipinski definition) is 1. The minimum atomic E-state index is -0.280. The molecule has 0 aromatic heterocycles. The molecule has 0 aromatic rings. The van der Waals surface area contributed by atoms with Crippen molar-refractivity contribution in [2.75, 3.05) is 0 Å². The van der Waals surface area contributed by atoms with Gasteiger partial charge >= 0.3 is 0 Å². The minimum Gasteiger partial charge on any atom is -0.294 e. The summed E-state index contributed by atoms with van der Waals surface area (Å²) in [4.78, 5) is 11.5. The average molecular weight is 234 g/mol. The highest BCUT2D eigenvalue weighted by molar-refractivity contribution is 5.94. The molecular formula is C16H26O. The minimum absolute atomic E-state index is 0.158. The van der Waals surface area contributed by atoms with Crippen molar-refractivity contribution >= 4 is 5.78 Å². The van der Waals surface area contributed by atoms with Crippen LogP contribution in [0.4, 0.5) is 0 Å². The third-order valence-electron chi connectivity index (χ3n) is 2.37. The molecule has 0 aliphatic heterocycles. The maximum Gasteiger partial charge on any atom is 0.160 e. The number of carbonyl (C=O) groups excluding carboxylic acids is 1. The van der Waals surface area contributed by atoms with Crippen LogP contribution in [0.5, 0.6) is 0 Å². The molecule has 1 nitrogen and oxygen atoms in total. The molecule has 0 spiro atoms. The first kappa shape index (κ1) is 15.9. The second kappa shape index (κ2) is 8.05. The summed E-state index contributed by atoms with van der Waals surface area (Å²) in [5.41, 5.74) is -0.280. The van der Waals surface area contributed by atoms with Gasteiger partial charge in [-0.2, -0.15) is 0 Å². The normalized spacial score (nSPS) is 13.5. The van der Waals surface area contributed by atoms with E-state index < -0.39 is 0 Å².